The van der Waals surface area contributed by atoms with E-state index in [4.69, 9.17) is 0 Å². The summed E-state index contributed by atoms with van der Waals surface area (Å²) in [6, 6.07) is 9.76. The van der Waals surface area contributed by atoms with Crippen LogP contribution < -0.4 is 0 Å². The molecule has 21 heavy (non-hydrogen) atoms. The molecular weight excluding hydrogens is 270 g/mol. The number of hydrogen-bond acceptors (Lipinski definition) is 3. The van der Waals surface area contributed by atoms with Crippen molar-refractivity contribution >= 4 is 11.7 Å². The maximum atomic E-state index is 11.2. The van der Waals surface area contributed by atoms with Crippen molar-refractivity contribution in [3.05, 3.63) is 74.3 Å². The number of hydrogen-bond donors (Lipinski definition) is 1. The van der Waals surface area contributed by atoms with Crippen molar-refractivity contribution < 1.29 is 14.8 Å². The van der Waals surface area contributed by atoms with Crippen LogP contribution in [0, 0.1) is 24.0 Å². The standard InChI is InChI=1S/C16H15NO4/c1-10-7-8-15(17(20)21)14(11(10)2)9-12-5-3-4-6-13(12)16(18)19/h3-8H,9H2,1-2H3,(H,18,19). The van der Waals surface area contributed by atoms with Crippen molar-refractivity contribution in [1.29, 1.82) is 0 Å². The van der Waals surface area contributed by atoms with Crippen LogP contribution in [0.5, 0.6) is 0 Å². The second-order valence-electron chi connectivity index (χ2n) is 4.90. The molecule has 0 amide bonds. The van der Waals surface area contributed by atoms with Crippen molar-refractivity contribution in [2.75, 3.05) is 0 Å². The molecule has 0 saturated heterocycles. The fraction of sp³-hybridized carbons (Fsp3) is 0.188. The van der Waals surface area contributed by atoms with Gasteiger partial charge in [0, 0.05) is 18.1 Å². The van der Waals surface area contributed by atoms with Gasteiger partial charge in [0.15, 0.2) is 0 Å². The fourth-order valence-corrected chi connectivity index (χ4v) is 2.33. The summed E-state index contributed by atoms with van der Waals surface area (Å²) in [7, 11) is 0. The maximum Gasteiger partial charge on any atom is 0.335 e. The van der Waals surface area contributed by atoms with Crippen LogP contribution in [0.2, 0.25) is 0 Å². The number of aryl methyl sites for hydroxylation is 1. The molecule has 0 aliphatic rings. The number of aromatic carboxylic acids is 1. The van der Waals surface area contributed by atoms with Gasteiger partial charge in [0.1, 0.15) is 0 Å². The summed E-state index contributed by atoms with van der Waals surface area (Å²) in [6.07, 6.45) is 0.228. The van der Waals surface area contributed by atoms with E-state index in [1.807, 2.05) is 13.8 Å². The first-order valence-corrected chi connectivity index (χ1v) is 6.46. The molecule has 0 atom stereocenters. The van der Waals surface area contributed by atoms with Gasteiger partial charge in [-0.15, -0.1) is 0 Å². The highest BCUT2D eigenvalue weighted by Crippen LogP contribution is 2.28. The first-order valence-electron chi connectivity index (χ1n) is 6.46. The van der Waals surface area contributed by atoms with Crippen molar-refractivity contribution in [2.24, 2.45) is 0 Å². The summed E-state index contributed by atoms with van der Waals surface area (Å²) in [6.45, 7) is 3.70. The molecule has 0 aliphatic heterocycles. The van der Waals surface area contributed by atoms with E-state index >= 15 is 0 Å². The van der Waals surface area contributed by atoms with Crippen molar-refractivity contribution in [3.63, 3.8) is 0 Å². The molecule has 2 aromatic carbocycles. The maximum absolute atomic E-state index is 11.2. The largest absolute Gasteiger partial charge is 0.478 e. The lowest BCUT2D eigenvalue weighted by molar-refractivity contribution is -0.385. The minimum Gasteiger partial charge on any atom is -0.478 e. The van der Waals surface area contributed by atoms with Crippen molar-refractivity contribution in [3.8, 4) is 0 Å². The van der Waals surface area contributed by atoms with Gasteiger partial charge in [0.25, 0.3) is 5.69 Å². The summed E-state index contributed by atoms with van der Waals surface area (Å²) < 4.78 is 0. The van der Waals surface area contributed by atoms with Gasteiger partial charge in [0.05, 0.1) is 10.5 Å². The Labute approximate surface area is 122 Å². The van der Waals surface area contributed by atoms with Crippen LogP contribution in [0.4, 0.5) is 5.69 Å². The van der Waals surface area contributed by atoms with Gasteiger partial charge in [-0.1, -0.05) is 24.3 Å². The zero-order valence-electron chi connectivity index (χ0n) is 11.8. The lowest BCUT2D eigenvalue weighted by Gasteiger charge is -2.11. The van der Waals surface area contributed by atoms with Gasteiger partial charge in [-0.25, -0.2) is 4.79 Å². The highest BCUT2D eigenvalue weighted by atomic mass is 16.6. The van der Waals surface area contributed by atoms with Crippen LogP contribution in [0.3, 0.4) is 0 Å². The number of rotatable bonds is 4. The van der Waals surface area contributed by atoms with E-state index in [1.54, 1.807) is 24.3 Å². The lowest BCUT2D eigenvalue weighted by atomic mass is 9.93. The number of nitro benzene ring substituents is 1. The molecule has 1 N–H and O–H groups in total. The first-order chi connectivity index (χ1) is 9.91. The number of carboxylic acid groups (broad SMARTS) is 1. The quantitative estimate of drug-likeness (QED) is 0.688. The average molecular weight is 285 g/mol. The van der Waals surface area contributed by atoms with Gasteiger partial charge in [0.2, 0.25) is 0 Å². The summed E-state index contributed by atoms with van der Waals surface area (Å²) >= 11 is 0. The van der Waals surface area contributed by atoms with Gasteiger partial charge >= 0.3 is 5.97 Å². The Balaban J connectivity index is 2.57. The number of carboxylic acids is 1. The molecule has 0 spiro atoms. The average Bonchev–Trinajstić information content (AvgIpc) is 2.44. The Bertz CT molecular complexity index is 722. The van der Waals surface area contributed by atoms with Crippen molar-refractivity contribution in [1.82, 2.24) is 0 Å². The van der Waals surface area contributed by atoms with E-state index in [9.17, 15) is 20.0 Å². The van der Waals surface area contributed by atoms with Crippen LogP contribution in [0.25, 0.3) is 0 Å². The third-order valence-electron chi connectivity index (χ3n) is 3.66. The summed E-state index contributed by atoms with van der Waals surface area (Å²) in [5, 5.41) is 20.4. The van der Waals surface area contributed by atoms with Crippen molar-refractivity contribution in [2.45, 2.75) is 20.3 Å². The lowest BCUT2D eigenvalue weighted by Crippen LogP contribution is -2.06. The number of nitrogens with zero attached hydrogens (tertiary/aromatic N) is 1. The summed E-state index contributed by atoms with van der Waals surface area (Å²) in [5.41, 5.74) is 3.11. The molecule has 0 aromatic heterocycles. The zero-order valence-corrected chi connectivity index (χ0v) is 11.8. The van der Waals surface area contributed by atoms with Gasteiger partial charge in [-0.2, -0.15) is 0 Å². The van der Waals surface area contributed by atoms with Crippen LogP contribution in [-0.4, -0.2) is 16.0 Å². The Morgan fingerprint density at radius 3 is 2.48 bits per heavy atom. The normalized spacial score (nSPS) is 10.4. The monoisotopic (exact) mass is 285 g/mol. The van der Waals surface area contributed by atoms with Gasteiger partial charge < -0.3 is 5.11 Å². The van der Waals surface area contributed by atoms with Crippen LogP contribution in [-0.2, 0) is 6.42 Å². The molecule has 0 fully saturated rings. The molecule has 0 aliphatic carbocycles. The predicted molar refractivity (Wildman–Crippen MR) is 78.8 cm³/mol. The zero-order chi connectivity index (χ0) is 15.6. The van der Waals surface area contributed by atoms with E-state index in [0.29, 0.717) is 11.1 Å². The second kappa shape index (κ2) is 5.75. The third kappa shape index (κ3) is 2.91. The smallest absolute Gasteiger partial charge is 0.335 e. The molecule has 2 aromatic rings. The van der Waals surface area contributed by atoms with Crippen LogP contribution in [0.1, 0.15) is 32.6 Å². The second-order valence-corrected chi connectivity index (χ2v) is 4.90. The Hall–Kier alpha value is -2.69. The highest BCUT2D eigenvalue weighted by molar-refractivity contribution is 5.89. The summed E-state index contributed by atoms with van der Waals surface area (Å²) in [5.74, 6) is -1.03. The van der Waals surface area contributed by atoms with Gasteiger partial charge in [-0.05, 0) is 36.6 Å². The van der Waals surface area contributed by atoms with E-state index in [2.05, 4.69) is 0 Å². The Morgan fingerprint density at radius 2 is 1.86 bits per heavy atom. The van der Waals surface area contributed by atoms with E-state index in [1.165, 1.54) is 12.1 Å². The Kier molecular flexibility index (Phi) is 4.03. The minimum absolute atomic E-state index is 0.0262. The molecule has 0 heterocycles. The molecule has 2 rings (SSSR count). The van der Waals surface area contributed by atoms with E-state index < -0.39 is 10.9 Å². The molecule has 0 radical (unpaired) electrons. The van der Waals surface area contributed by atoms with Gasteiger partial charge in [-0.3, -0.25) is 10.1 Å². The number of carbonyl (C=O) groups is 1. The molecular formula is C16H15NO4. The molecule has 0 saturated carbocycles. The fourth-order valence-electron chi connectivity index (χ4n) is 2.33. The molecule has 5 nitrogen and oxygen atoms in total. The molecule has 0 bridgehead atoms. The SMILES string of the molecule is Cc1ccc([N+](=O)[O-])c(Cc2ccccc2C(=O)O)c1C. The minimum atomic E-state index is -1.03. The Morgan fingerprint density at radius 1 is 1.19 bits per heavy atom. The highest BCUT2D eigenvalue weighted by Gasteiger charge is 2.19. The van der Waals surface area contributed by atoms with Crippen LogP contribution >= 0.6 is 0 Å². The third-order valence-corrected chi connectivity index (χ3v) is 3.66. The molecule has 5 heteroatoms. The van der Waals surface area contributed by atoms with Crippen LogP contribution in [0.15, 0.2) is 36.4 Å². The predicted octanol–water partition coefficient (Wildman–Crippen LogP) is 3.50. The number of nitro groups is 1. The molecule has 0 unspecified atom stereocenters. The topological polar surface area (TPSA) is 80.4 Å². The number of benzene rings is 2. The summed E-state index contributed by atoms with van der Waals surface area (Å²) in [4.78, 5) is 22.0. The molecule has 108 valence electrons. The van der Waals surface area contributed by atoms with E-state index in [-0.39, 0.29) is 17.7 Å². The van der Waals surface area contributed by atoms with E-state index in [0.717, 1.165) is 11.1 Å². The first kappa shape index (κ1) is 14.7.